The first-order valence-corrected chi connectivity index (χ1v) is 7.45. The topological polar surface area (TPSA) is 57.0 Å². The van der Waals surface area contributed by atoms with E-state index in [1.54, 1.807) is 14.2 Å². The van der Waals surface area contributed by atoms with Gasteiger partial charge in [-0.2, -0.15) is 0 Å². The fourth-order valence-corrected chi connectivity index (χ4v) is 2.43. The fraction of sp³-hybridized carbons (Fsp3) is 0.625. The highest BCUT2D eigenvalue weighted by Crippen LogP contribution is 2.32. The standard InChI is InChI=1S/C16H28N2O3/c1-5-18(9-10-21-6-2)15(12-17)14-11-13(19-3)7-8-16(14)20-4/h7-8,11,15H,5-6,9-10,12,17H2,1-4H3. The Morgan fingerprint density at radius 1 is 1.19 bits per heavy atom. The van der Waals surface area contributed by atoms with E-state index in [9.17, 15) is 0 Å². The van der Waals surface area contributed by atoms with Crippen LogP contribution in [0.1, 0.15) is 25.5 Å². The van der Waals surface area contributed by atoms with Gasteiger partial charge < -0.3 is 19.9 Å². The second-order valence-corrected chi connectivity index (χ2v) is 4.68. The third-order valence-corrected chi connectivity index (χ3v) is 3.59. The largest absolute Gasteiger partial charge is 0.497 e. The quantitative estimate of drug-likeness (QED) is 0.670. The molecule has 0 fully saturated rings. The van der Waals surface area contributed by atoms with Crippen molar-refractivity contribution in [1.82, 2.24) is 4.90 Å². The summed E-state index contributed by atoms with van der Waals surface area (Å²) in [6.45, 7) is 7.81. The van der Waals surface area contributed by atoms with Crippen LogP contribution in [0, 0.1) is 0 Å². The highest BCUT2D eigenvalue weighted by atomic mass is 16.5. The van der Waals surface area contributed by atoms with Crippen molar-refractivity contribution in [3.63, 3.8) is 0 Å². The van der Waals surface area contributed by atoms with E-state index in [-0.39, 0.29) is 6.04 Å². The van der Waals surface area contributed by atoms with E-state index in [0.717, 1.165) is 36.8 Å². The zero-order chi connectivity index (χ0) is 15.7. The lowest BCUT2D eigenvalue weighted by molar-refractivity contribution is 0.0973. The Hall–Kier alpha value is -1.30. The zero-order valence-corrected chi connectivity index (χ0v) is 13.6. The molecule has 1 aromatic carbocycles. The molecule has 5 heteroatoms. The number of benzene rings is 1. The maximum absolute atomic E-state index is 6.02. The van der Waals surface area contributed by atoms with E-state index >= 15 is 0 Å². The minimum atomic E-state index is 0.0838. The molecule has 120 valence electrons. The molecule has 0 saturated carbocycles. The first kappa shape index (κ1) is 17.8. The van der Waals surface area contributed by atoms with Crippen molar-refractivity contribution in [3.05, 3.63) is 23.8 Å². The van der Waals surface area contributed by atoms with E-state index < -0.39 is 0 Å². The molecule has 0 aliphatic rings. The van der Waals surface area contributed by atoms with Crippen LogP contribution in [0.4, 0.5) is 0 Å². The van der Waals surface area contributed by atoms with Crippen molar-refractivity contribution in [1.29, 1.82) is 0 Å². The van der Waals surface area contributed by atoms with Crippen molar-refractivity contribution >= 4 is 0 Å². The van der Waals surface area contributed by atoms with Crippen LogP contribution in [0.15, 0.2) is 18.2 Å². The molecule has 0 amide bonds. The van der Waals surface area contributed by atoms with Crippen molar-refractivity contribution in [2.24, 2.45) is 5.73 Å². The van der Waals surface area contributed by atoms with E-state index in [0.29, 0.717) is 13.2 Å². The lowest BCUT2D eigenvalue weighted by atomic mass is 10.0. The molecular weight excluding hydrogens is 268 g/mol. The molecule has 0 aromatic heterocycles. The van der Waals surface area contributed by atoms with E-state index in [2.05, 4.69) is 11.8 Å². The summed E-state index contributed by atoms with van der Waals surface area (Å²) >= 11 is 0. The molecule has 0 saturated heterocycles. The lowest BCUT2D eigenvalue weighted by Crippen LogP contribution is -2.36. The van der Waals surface area contributed by atoms with Gasteiger partial charge in [-0.25, -0.2) is 0 Å². The van der Waals surface area contributed by atoms with Crippen LogP contribution >= 0.6 is 0 Å². The Balaban J connectivity index is 3.00. The number of hydrogen-bond donors (Lipinski definition) is 1. The van der Waals surface area contributed by atoms with Crippen LogP contribution in [0.3, 0.4) is 0 Å². The van der Waals surface area contributed by atoms with Gasteiger partial charge in [-0.05, 0) is 31.7 Å². The summed E-state index contributed by atoms with van der Waals surface area (Å²) < 4.78 is 16.3. The average Bonchev–Trinajstić information content (AvgIpc) is 2.53. The summed E-state index contributed by atoms with van der Waals surface area (Å²) in [4.78, 5) is 2.30. The summed E-state index contributed by atoms with van der Waals surface area (Å²) in [5.41, 5.74) is 7.08. The number of methoxy groups -OCH3 is 2. The Morgan fingerprint density at radius 2 is 1.95 bits per heavy atom. The number of likely N-dealkylation sites (N-methyl/N-ethyl adjacent to an activating group) is 1. The van der Waals surface area contributed by atoms with E-state index in [1.165, 1.54) is 0 Å². The van der Waals surface area contributed by atoms with Crippen LogP contribution in [0.5, 0.6) is 11.5 Å². The number of rotatable bonds is 10. The minimum Gasteiger partial charge on any atom is -0.497 e. The van der Waals surface area contributed by atoms with Crippen molar-refractivity contribution in [2.45, 2.75) is 19.9 Å². The molecule has 0 bridgehead atoms. The Labute approximate surface area is 128 Å². The molecule has 1 atom stereocenters. The van der Waals surface area contributed by atoms with Gasteiger partial charge in [0.05, 0.1) is 26.9 Å². The normalized spacial score (nSPS) is 12.5. The van der Waals surface area contributed by atoms with Crippen molar-refractivity contribution in [3.8, 4) is 11.5 Å². The van der Waals surface area contributed by atoms with Gasteiger partial charge >= 0.3 is 0 Å². The van der Waals surface area contributed by atoms with Gasteiger partial charge in [0.15, 0.2) is 0 Å². The molecule has 21 heavy (non-hydrogen) atoms. The molecule has 1 aromatic rings. The molecule has 2 N–H and O–H groups in total. The average molecular weight is 296 g/mol. The van der Waals surface area contributed by atoms with Crippen molar-refractivity contribution in [2.75, 3.05) is 47.1 Å². The molecule has 0 aliphatic carbocycles. The first-order chi connectivity index (χ1) is 10.2. The van der Waals surface area contributed by atoms with E-state index in [1.807, 2.05) is 25.1 Å². The smallest absolute Gasteiger partial charge is 0.123 e. The summed E-state index contributed by atoms with van der Waals surface area (Å²) in [5, 5.41) is 0. The second-order valence-electron chi connectivity index (χ2n) is 4.68. The van der Waals surface area contributed by atoms with Gasteiger partial charge in [-0.1, -0.05) is 6.92 Å². The highest BCUT2D eigenvalue weighted by molar-refractivity contribution is 5.42. The maximum Gasteiger partial charge on any atom is 0.123 e. The predicted molar refractivity (Wildman–Crippen MR) is 85.1 cm³/mol. The van der Waals surface area contributed by atoms with Gasteiger partial charge in [0.2, 0.25) is 0 Å². The van der Waals surface area contributed by atoms with Crippen LogP contribution in [0.25, 0.3) is 0 Å². The highest BCUT2D eigenvalue weighted by Gasteiger charge is 2.21. The molecule has 0 aliphatic heterocycles. The SMILES string of the molecule is CCOCCN(CC)C(CN)c1cc(OC)ccc1OC. The van der Waals surface area contributed by atoms with Crippen LogP contribution in [-0.2, 0) is 4.74 Å². The van der Waals surface area contributed by atoms with Gasteiger partial charge in [0.25, 0.3) is 0 Å². The predicted octanol–water partition coefficient (Wildman–Crippen LogP) is 2.06. The zero-order valence-electron chi connectivity index (χ0n) is 13.6. The van der Waals surface area contributed by atoms with Gasteiger partial charge in [0.1, 0.15) is 11.5 Å². The third-order valence-electron chi connectivity index (χ3n) is 3.59. The van der Waals surface area contributed by atoms with Gasteiger partial charge in [0, 0.05) is 25.3 Å². The molecular formula is C16H28N2O3. The maximum atomic E-state index is 6.02. The number of hydrogen-bond acceptors (Lipinski definition) is 5. The van der Waals surface area contributed by atoms with Crippen LogP contribution in [-0.4, -0.2) is 52.0 Å². The van der Waals surface area contributed by atoms with Gasteiger partial charge in [-0.15, -0.1) is 0 Å². The summed E-state index contributed by atoms with van der Waals surface area (Å²) in [6.07, 6.45) is 0. The number of nitrogens with two attached hydrogens (primary N) is 1. The fourth-order valence-electron chi connectivity index (χ4n) is 2.43. The number of ether oxygens (including phenoxy) is 3. The number of nitrogens with zero attached hydrogens (tertiary/aromatic N) is 1. The summed E-state index contributed by atoms with van der Waals surface area (Å²) in [6, 6.07) is 5.90. The third kappa shape index (κ3) is 4.88. The Bertz CT molecular complexity index is 413. The van der Waals surface area contributed by atoms with Gasteiger partial charge in [-0.3, -0.25) is 4.90 Å². The Morgan fingerprint density at radius 3 is 2.48 bits per heavy atom. The van der Waals surface area contributed by atoms with E-state index in [4.69, 9.17) is 19.9 Å². The first-order valence-electron chi connectivity index (χ1n) is 7.45. The summed E-state index contributed by atoms with van der Waals surface area (Å²) in [7, 11) is 3.34. The molecule has 5 nitrogen and oxygen atoms in total. The lowest BCUT2D eigenvalue weighted by Gasteiger charge is -2.31. The summed E-state index contributed by atoms with van der Waals surface area (Å²) in [5.74, 6) is 1.64. The second kappa shape index (κ2) is 9.60. The molecule has 1 unspecified atom stereocenters. The molecule has 0 spiro atoms. The van der Waals surface area contributed by atoms with Crippen LogP contribution in [0.2, 0.25) is 0 Å². The van der Waals surface area contributed by atoms with Crippen molar-refractivity contribution < 1.29 is 14.2 Å². The van der Waals surface area contributed by atoms with Crippen LogP contribution < -0.4 is 15.2 Å². The minimum absolute atomic E-state index is 0.0838. The molecule has 0 heterocycles. The monoisotopic (exact) mass is 296 g/mol. The molecule has 0 radical (unpaired) electrons. The Kier molecular flexibility index (Phi) is 8.12. The molecule has 1 rings (SSSR count).